The predicted octanol–water partition coefficient (Wildman–Crippen LogP) is 4.56. The normalized spacial score (nSPS) is 13.9. The lowest BCUT2D eigenvalue weighted by Gasteiger charge is -2.29. The van der Waals surface area contributed by atoms with E-state index in [2.05, 4.69) is 27.4 Å². The van der Waals surface area contributed by atoms with Gasteiger partial charge in [0.1, 0.15) is 11.4 Å². The van der Waals surface area contributed by atoms with Gasteiger partial charge in [0.15, 0.2) is 5.60 Å². The number of aryl methyl sites for hydroxylation is 2. The molecule has 36 heavy (non-hydrogen) atoms. The van der Waals surface area contributed by atoms with Gasteiger partial charge >= 0.3 is 5.97 Å². The number of carboxylic acid groups (broad SMARTS) is 1. The van der Waals surface area contributed by atoms with E-state index in [4.69, 9.17) is 4.74 Å². The van der Waals surface area contributed by atoms with E-state index in [0.717, 1.165) is 35.5 Å². The molecule has 1 fully saturated rings. The molecule has 0 atom stereocenters. The van der Waals surface area contributed by atoms with E-state index < -0.39 is 11.6 Å². The van der Waals surface area contributed by atoms with Crippen LogP contribution < -0.4 is 15.0 Å². The summed E-state index contributed by atoms with van der Waals surface area (Å²) in [6, 6.07) is 13.7. The average Bonchev–Trinajstić information content (AvgIpc) is 3.26. The van der Waals surface area contributed by atoms with E-state index in [1.807, 2.05) is 38.2 Å². The molecule has 1 amide bonds. The number of hydrogen-bond acceptors (Lipinski definition) is 5. The Balaban J connectivity index is 1.47. The quantitative estimate of drug-likeness (QED) is 0.481. The highest BCUT2D eigenvalue weighted by atomic mass is 16.5. The van der Waals surface area contributed by atoms with Crippen molar-refractivity contribution in [2.45, 2.75) is 52.2 Å². The van der Waals surface area contributed by atoms with Crippen molar-refractivity contribution in [1.82, 2.24) is 15.1 Å². The summed E-state index contributed by atoms with van der Waals surface area (Å²) in [4.78, 5) is 26.9. The average molecular weight is 491 g/mol. The Morgan fingerprint density at radius 2 is 1.86 bits per heavy atom. The van der Waals surface area contributed by atoms with E-state index in [0.29, 0.717) is 23.6 Å². The molecule has 2 aromatic carbocycles. The first-order valence-corrected chi connectivity index (χ1v) is 12.3. The third-order valence-electron chi connectivity index (χ3n) is 6.49. The number of carbonyl (C=O) groups excluding carboxylic acids is 1. The molecule has 1 aliphatic rings. The number of benzene rings is 2. The van der Waals surface area contributed by atoms with Crippen LogP contribution in [0.2, 0.25) is 0 Å². The molecule has 190 valence electrons. The summed E-state index contributed by atoms with van der Waals surface area (Å²) >= 11 is 0. The number of aromatic nitrogens is 2. The maximum absolute atomic E-state index is 13.2. The summed E-state index contributed by atoms with van der Waals surface area (Å²) in [5.74, 6) is -0.737. The van der Waals surface area contributed by atoms with Crippen LogP contribution in [0.15, 0.2) is 48.7 Å². The van der Waals surface area contributed by atoms with Crippen molar-refractivity contribution in [2.24, 2.45) is 7.05 Å². The summed E-state index contributed by atoms with van der Waals surface area (Å²) in [6.07, 6.45) is 5.42. The number of carboxylic acids is 1. The van der Waals surface area contributed by atoms with Crippen molar-refractivity contribution >= 4 is 17.6 Å². The number of ether oxygens (including phenoxy) is 1. The molecule has 0 aliphatic carbocycles. The SMILES string of the molecule is Cc1cc(CNC(=O)c2cn(C)nc2-c2cccc(N3CCCCC3)c2)ccc1OC(C)(C)C(=O)O. The van der Waals surface area contributed by atoms with Crippen LogP contribution in [0.1, 0.15) is 54.6 Å². The monoisotopic (exact) mass is 490 g/mol. The molecule has 1 aromatic heterocycles. The minimum absolute atomic E-state index is 0.202. The van der Waals surface area contributed by atoms with Crippen LogP contribution in [0.4, 0.5) is 5.69 Å². The molecule has 8 heteroatoms. The van der Waals surface area contributed by atoms with Gasteiger partial charge in [0.2, 0.25) is 0 Å². The second-order valence-corrected chi connectivity index (χ2v) is 9.86. The van der Waals surface area contributed by atoms with Crippen molar-refractivity contribution in [3.63, 3.8) is 0 Å². The maximum Gasteiger partial charge on any atom is 0.347 e. The van der Waals surface area contributed by atoms with Crippen molar-refractivity contribution in [3.8, 4) is 17.0 Å². The number of rotatable bonds is 8. The van der Waals surface area contributed by atoms with Crippen LogP contribution >= 0.6 is 0 Å². The first kappa shape index (κ1) is 25.3. The maximum atomic E-state index is 13.2. The first-order chi connectivity index (χ1) is 17.1. The third-order valence-corrected chi connectivity index (χ3v) is 6.49. The Bertz CT molecular complexity index is 1260. The van der Waals surface area contributed by atoms with Gasteiger partial charge in [0.05, 0.1) is 5.56 Å². The fourth-order valence-corrected chi connectivity index (χ4v) is 4.40. The lowest BCUT2D eigenvalue weighted by atomic mass is 10.0. The molecule has 0 spiro atoms. The Labute approximate surface area is 211 Å². The number of amides is 1. The molecule has 1 aliphatic heterocycles. The zero-order chi connectivity index (χ0) is 25.9. The van der Waals surface area contributed by atoms with Gasteiger partial charge < -0.3 is 20.1 Å². The number of piperidine rings is 1. The predicted molar refractivity (Wildman–Crippen MR) is 139 cm³/mol. The van der Waals surface area contributed by atoms with Crippen LogP contribution in [0.5, 0.6) is 5.75 Å². The third kappa shape index (κ3) is 5.70. The molecule has 4 rings (SSSR count). The smallest absolute Gasteiger partial charge is 0.347 e. The summed E-state index contributed by atoms with van der Waals surface area (Å²) in [5.41, 5.74) is 3.61. The number of hydrogen-bond donors (Lipinski definition) is 2. The second kappa shape index (κ2) is 10.4. The molecule has 2 N–H and O–H groups in total. The van der Waals surface area contributed by atoms with Gasteiger partial charge in [-0.1, -0.05) is 24.3 Å². The van der Waals surface area contributed by atoms with E-state index in [1.165, 1.54) is 33.1 Å². The number of carbonyl (C=O) groups is 2. The van der Waals surface area contributed by atoms with Crippen LogP contribution in [-0.2, 0) is 18.4 Å². The van der Waals surface area contributed by atoms with Crippen molar-refractivity contribution in [1.29, 1.82) is 0 Å². The standard InChI is InChI=1S/C28H34N4O4/c1-19-15-20(11-12-24(19)36-28(2,3)27(34)35)17-29-26(33)23-18-31(4)30-25(23)21-9-8-10-22(16-21)32-13-6-5-7-14-32/h8-12,15-16,18H,5-7,13-14,17H2,1-4H3,(H,29,33)(H,34,35). The van der Waals surface area contributed by atoms with E-state index in [-0.39, 0.29) is 5.91 Å². The minimum atomic E-state index is -1.33. The van der Waals surface area contributed by atoms with Crippen LogP contribution in [0.25, 0.3) is 11.3 Å². The molecular formula is C28H34N4O4. The van der Waals surface area contributed by atoms with Crippen molar-refractivity contribution in [3.05, 3.63) is 65.4 Å². The zero-order valence-electron chi connectivity index (χ0n) is 21.4. The number of nitrogens with zero attached hydrogens (tertiary/aromatic N) is 3. The Morgan fingerprint density at radius 3 is 2.56 bits per heavy atom. The molecule has 8 nitrogen and oxygen atoms in total. The summed E-state index contributed by atoms with van der Waals surface area (Å²) < 4.78 is 7.33. The van der Waals surface area contributed by atoms with Gasteiger partial charge in [-0.15, -0.1) is 0 Å². The van der Waals surface area contributed by atoms with Gasteiger partial charge in [-0.2, -0.15) is 5.10 Å². The van der Waals surface area contributed by atoms with E-state index in [1.54, 1.807) is 16.9 Å². The molecule has 1 saturated heterocycles. The second-order valence-electron chi connectivity index (χ2n) is 9.86. The van der Waals surface area contributed by atoms with Crippen molar-refractivity contribution < 1.29 is 19.4 Å². The minimum Gasteiger partial charge on any atom is -0.478 e. The van der Waals surface area contributed by atoms with Crippen molar-refractivity contribution in [2.75, 3.05) is 18.0 Å². The van der Waals surface area contributed by atoms with E-state index in [9.17, 15) is 14.7 Å². The topological polar surface area (TPSA) is 96.7 Å². The molecule has 2 heterocycles. The molecule has 0 unspecified atom stereocenters. The van der Waals surface area contributed by atoms with Crippen LogP contribution in [0.3, 0.4) is 0 Å². The molecule has 3 aromatic rings. The highest BCUT2D eigenvalue weighted by Crippen LogP contribution is 2.28. The lowest BCUT2D eigenvalue weighted by molar-refractivity contribution is -0.152. The molecule has 0 radical (unpaired) electrons. The van der Waals surface area contributed by atoms with Crippen LogP contribution in [0, 0.1) is 6.92 Å². The highest BCUT2D eigenvalue weighted by Gasteiger charge is 2.30. The summed E-state index contributed by atoms with van der Waals surface area (Å²) in [7, 11) is 1.81. The Kier molecular flexibility index (Phi) is 7.33. The van der Waals surface area contributed by atoms with Gasteiger partial charge in [-0.3, -0.25) is 9.48 Å². The first-order valence-electron chi connectivity index (χ1n) is 12.3. The Morgan fingerprint density at radius 1 is 1.11 bits per heavy atom. The zero-order valence-corrected chi connectivity index (χ0v) is 21.4. The highest BCUT2D eigenvalue weighted by molar-refractivity contribution is 6.00. The molecule has 0 bridgehead atoms. The summed E-state index contributed by atoms with van der Waals surface area (Å²) in [6.45, 7) is 7.30. The number of anilines is 1. The number of nitrogens with one attached hydrogen (secondary N) is 1. The Hall–Kier alpha value is -3.81. The molecule has 0 saturated carbocycles. The fourth-order valence-electron chi connectivity index (χ4n) is 4.40. The largest absolute Gasteiger partial charge is 0.478 e. The van der Waals surface area contributed by atoms with Gasteiger partial charge in [-0.25, -0.2) is 4.79 Å². The summed E-state index contributed by atoms with van der Waals surface area (Å²) in [5, 5.41) is 16.9. The van der Waals surface area contributed by atoms with Gasteiger partial charge in [0, 0.05) is 44.1 Å². The van der Waals surface area contributed by atoms with Gasteiger partial charge in [-0.05, 0) is 69.4 Å². The van der Waals surface area contributed by atoms with E-state index >= 15 is 0 Å². The fraction of sp³-hybridized carbons (Fsp3) is 0.393. The molecular weight excluding hydrogens is 456 g/mol. The van der Waals surface area contributed by atoms with Gasteiger partial charge in [0.25, 0.3) is 5.91 Å². The lowest BCUT2D eigenvalue weighted by Crippen LogP contribution is -2.38. The number of aliphatic carboxylic acids is 1. The van der Waals surface area contributed by atoms with Crippen LogP contribution in [-0.4, -0.2) is 45.5 Å².